The fraction of sp³-hybridized carbons (Fsp3) is 0.429. The van der Waals surface area contributed by atoms with E-state index < -0.39 is 0 Å². The van der Waals surface area contributed by atoms with E-state index in [1.807, 2.05) is 23.1 Å². The highest BCUT2D eigenvalue weighted by molar-refractivity contribution is 5.85. The van der Waals surface area contributed by atoms with E-state index in [0.717, 1.165) is 59.7 Å². The molecule has 0 atom stereocenters. The van der Waals surface area contributed by atoms with Crippen LogP contribution in [0.4, 0.5) is 5.95 Å². The number of hydrogen-bond acceptors (Lipinski definition) is 6. The Bertz CT molecular complexity index is 1170. The van der Waals surface area contributed by atoms with Crippen molar-refractivity contribution in [3.05, 3.63) is 36.5 Å². The molecule has 4 aromatic rings. The highest BCUT2D eigenvalue weighted by atomic mass is 16.5. The van der Waals surface area contributed by atoms with Gasteiger partial charge in [0.25, 0.3) is 0 Å². The smallest absolute Gasteiger partial charge is 0.241 e. The Labute approximate surface area is 168 Å². The summed E-state index contributed by atoms with van der Waals surface area (Å²) in [4.78, 5) is 13.8. The average Bonchev–Trinajstić information content (AvgIpc) is 3.27. The number of nitrogens with zero attached hydrogens (tertiary/aromatic N) is 6. The van der Waals surface area contributed by atoms with Crippen LogP contribution >= 0.6 is 0 Å². The Morgan fingerprint density at radius 3 is 2.76 bits per heavy atom. The molecular weight excluding hydrogens is 366 g/mol. The van der Waals surface area contributed by atoms with Crippen molar-refractivity contribution >= 4 is 22.6 Å². The van der Waals surface area contributed by atoms with Crippen molar-refractivity contribution in [2.75, 3.05) is 18.5 Å². The van der Waals surface area contributed by atoms with Crippen LogP contribution in [0.3, 0.4) is 0 Å². The molecule has 8 nitrogen and oxygen atoms in total. The van der Waals surface area contributed by atoms with E-state index in [1.165, 1.54) is 0 Å². The van der Waals surface area contributed by atoms with Gasteiger partial charge in [0.2, 0.25) is 5.95 Å². The number of imidazole rings is 1. The van der Waals surface area contributed by atoms with Crippen LogP contribution in [0.15, 0.2) is 30.7 Å². The van der Waals surface area contributed by atoms with E-state index in [2.05, 4.69) is 62.8 Å². The second kappa shape index (κ2) is 7.11. The molecule has 0 aliphatic carbocycles. The van der Waals surface area contributed by atoms with Crippen LogP contribution in [-0.2, 0) is 4.74 Å². The first-order chi connectivity index (χ1) is 14.1. The average molecular weight is 391 g/mol. The summed E-state index contributed by atoms with van der Waals surface area (Å²) in [6.07, 6.45) is 7.72. The molecule has 8 heteroatoms. The minimum Gasteiger partial charge on any atom is -0.381 e. The monoisotopic (exact) mass is 391 g/mol. The van der Waals surface area contributed by atoms with Crippen LogP contribution < -0.4 is 5.32 Å². The summed E-state index contributed by atoms with van der Waals surface area (Å²) in [5, 5.41) is 7.80. The van der Waals surface area contributed by atoms with Gasteiger partial charge in [-0.25, -0.2) is 19.5 Å². The van der Waals surface area contributed by atoms with Gasteiger partial charge in [-0.15, -0.1) is 5.10 Å². The first-order valence-corrected chi connectivity index (χ1v) is 10.1. The number of aryl methyl sites for hydroxylation is 1. The molecule has 150 valence electrons. The summed E-state index contributed by atoms with van der Waals surface area (Å²) in [6.45, 7) is 7.79. The normalized spacial score (nSPS) is 15.6. The SMILES string of the molecule is Cc1nc2ncc(-c3ccn4nc(NC(C)C)ncc34)cc2n1C1CCOCC1. The number of rotatable bonds is 4. The van der Waals surface area contributed by atoms with E-state index in [9.17, 15) is 0 Å². The lowest BCUT2D eigenvalue weighted by molar-refractivity contribution is 0.0701. The molecule has 0 radical (unpaired) electrons. The van der Waals surface area contributed by atoms with Gasteiger partial charge in [-0.1, -0.05) is 0 Å². The molecule has 1 saturated heterocycles. The highest BCUT2D eigenvalue weighted by Gasteiger charge is 2.21. The molecule has 1 N–H and O–H groups in total. The first-order valence-electron chi connectivity index (χ1n) is 10.1. The van der Waals surface area contributed by atoms with E-state index in [-0.39, 0.29) is 6.04 Å². The second-order valence-electron chi connectivity index (χ2n) is 7.88. The van der Waals surface area contributed by atoms with Crippen LogP contribution in [0, 0.1) is 6.92 Å². The minimum atomic E-state index is 0.280. The zero-order chi connectivity index (χ0) is 20.0. The third-order valence-electron chi connectivity index (χ3n) is 5.42. The van der Waals surface area contributed by atoms with Gasteiger partial charge in [0.1, 0.15) is 5.82 Å². The predicted molar refractivity (Wildman–Crippen MR) is 112 cm³/mol. The standard InChI is InChI=1S/C21H25N7O/c1-13(2)24-21-23-12-19-17(4-7-27(19)26-21)15-10-18-20(22-11-15)25-14(3)28(18)16-5-8-29-9-6-16/h4,7,10-13,16H,5-6,8-9H2,1-3H3,(H,24,26). The molecule has 1 aliphatic rings. The fourth-order valence-electron chi connectivity index (χ4n) is 4.11. The van der Waals surface area contributed by atoms with Gasteiger partial charge in [-0.3, -0.25) is 0 Å². The zero-order valence-electron chi connectivity index (χ0n) is 17.0. The minimum absolute atomic E-state index is 0.280. The van der Waals surface area contributed by atoms with Crippen LogP contribution in [0.1, 0.15) is 38.6 Å². The van der Waals surface area contributed by atoms with Crippen LogP contribution in [0.25, 0.3) is 27.8 Å². The molecule has 0 amide bonds. The lowest BCUT2D eigenvalue weighted by atomic mass is 10.1. The third kappa shape index (κ3) is 3.23. The number of hydrogen-bond donors (Lipinski definition) is 1. The molecule has 5 heterocycles. The predicted octanol–water partition coefficient (Wildman–Crippen LogP) is 3.62. The highest BCUT2D eigenvalue weighted by Crippen LogP contribution is 2.31. The van der Waals surface area contributed by atoms with Crippen molar-refractivity contribution in [1.29, 1.82) is 0 Å². The molecule has 4 aromatic heterocycles. The van der Waals surface area contributed by atoms with Crippen molar-refractivity contribution in [3.8, 4) is 11.1 Å². The van der Waals surface area contributed by atoms with Gasteiger partial charge in [0.15, 0.2) is 5.65 Å². The summed E-state index contributed by atoms with van der Waals surface area (Å²) < 4.78 is 9.73. The van der Waals surface area contributed by atoms with Crippen molar-refractivity contribution in [3.63, 3.8) is 0 Å². The second-order valence-corrected chi connectivity index (χ2v) is 7.88. The van der Waals surface area contributed by atoms with Crippen LogP contribution in [-0.4, -0.2) is 48.4 Å². The van der Waals surface area contributed by atoms with Gasteiger partial charge < -0.3 is 14.6 Å². The van der Waals surface area contributed by atoms with Crippen LogP contribution in [0.5, 0.6) is 0 Å². The molecule has 5 rings (SSSR count). The van der Waals surface area contributed by atoms with Gasteiger partial charge in [0, 0.05) is 48.8 Å². The summed E-state index contributed by atoms with van der Waals surface area (Å²) in [7, 11) is 0. The Morgan fingerprint density at radius 2 is 1.97 bits per heavy atom. The molecule has 29 heavy (non-hydrogen) atoms. The number of fused-ring (bicyclic) bond motifs is 2. The molecule has 0 unspecified atom stereocenters. The summed E-state index contributed by atoms with van der Waals surface area (Å²) in [6, 6.07) is 4.94. The zero-order valence-corrected chi connectivity index (χ0v) is 17.0. The fourth-order valence-corrected chi connectivity index (χ4v) is 4.11. The quantitative estimate of drug-likeness (QED) is 0.572. The van der Waals surface area contributed by atoms with Crippen molar-refractivity contribution in [2.24, 2.45) is 0 Å². The number of aromatic nitrogens is 6. The number of nitrogens with one attached hydrogen (secondary N) is 1. The molecule has 0 bridgehead atoms. The molecule has 0 spiro atoms. The molecule has 0 aromatic carbocycles. The van der Waals surface area contributed by atoms with Gasteiger partial charge in [-0.05, 0) is 45.7 Å². The Hall–Kier alpha value is -3.00. The summed E-state index contributed by atoms with van der Waals surface area (Å²) in [5.74, 6) is 1.63. The molecule has 1 fully saturated rings. The maximum Gasteiger partial charge on any atom is 0.241 e. The van der Waals surface area contributed by atoms with Crippen molar-refractivity contribution in [2.45, 2.75) is 45.7 Å². The number of ether oxygens (including phenoxy) is 1. The first kappa shape index (κ1) is 18.1. The topological polar surface area (TPSA) is 82.2 Å². The van der Waals surface area contributed by atoms with E-state index in [1.54, 1.807) is 0 Å². The maximum absolute atomic E-state index is 5.54. The van der Waals surface area contributed by atoms with Crippen LogP contribution in [0.2, 0.25) is 0 Å². The Balaban J connectivity index is 1.58. The molecular formula is C21H25N7O. The number of anilines is 1. The lowest BCUT2D eigenvalue weighted by Crippen LogP contribution is -2.20. The number of pyridine rings is 1. The van der Waals surface area contributed by atoms with E-state index in [4.69, 9.17) is 4.74 Å². The van der Waals surface area contributed by atoms with Gasteiger partial charge in [-0.2, -0.15) is 0 Å². The Kier molecular flexibility index (Phi) is 4.43. The summed E-state index contributed by atoms with van der Waals surface area (Å²) in [5.41, 5.74) is 4.93. The largest absolute Gasteiger partial charge is 0.381 e. The lowest BCUT2D eigenvalue weighted by Gasteiger charge is -2.25. The maximum atomic E-state index is 5.54. The third-order valence-corrected chi connectivity index (χ3v) is 5.42. The van der Waals surface area contributed by atoms with E-state index in [0.29, 0.717) is 12.0 Å². The molecule has 1 aliphatic heterocycles. The van der Waals surface area contributed by atoms with Gasteiger partial charge >= 0.3 is 0 Å². The van der Waals surface area contributed by atoms with Crippen molar-refractivity contribution in [1.82, 2.24) is 29.1 Å². The van der Waals surface area contributed by atoms with Crippen molar-refractivity contribution < 1.29 is 4.74 Å². The Morgan fingerprint density at radius 1 is 1.14 bits per heavy atom. The van der Waals surface area contributed by atoms with Gasteiger partial charge in [0.05, 0.1) is 17.2 Å². The van der Waals surface area contributed by atoms with E-state index >= 15 is 0 Å². The molecule has 0 saturated carbocycles. The summed E-state index contributed by atoms with van der Waals surface area (Å²) >= 11 is 0.